The summed E-state index contributed by atoms with van der Waals surface area (Å²) in [4.78, 5) is 22.9. The summed E-state index contributed by atoms with van der Waals surface area (Å²) in [6, 6.07) is 0. The van der Waals surface area contributed by atoms with Crippen molar-refractivity contribution in [2.24, 2.45) is 0 Å². The number of unbranched alkanes of at least 4 members (excludes halogenated alkanes) is 11. The Kier molecular flexibility index (Phi) is 15.8. The second-order valence-corrected chi connectivity index (χ2v) is 8.86. The summed E-state index contributed by atoms with van der Waals surface area (Å²) < 4.78 is 5.87. The summed E-state index contributed by atoms with van der Waals surface area (Å²) in [6.45, 7) is 2.73. The summed E-state index contributed by atoms with van der Waals surface area (Å²) in [5.74, 6) is -1.39. The lowest BCUT2D eigenvalue weighted by Gasteiger charge is -2.28. The Morgan fingerprint density at radius 1 is 0.893 bits per heavy atom. The van der Waals surface area contributed by atoms with Gasteiger partial charge in [0.1, 0.15) is 6.54 Å². The van der Waals surface area contributed by atoms with Crippen LogP contribution in [0.15, 0.2) is 12.2 Å². The van der Waals surface area contributed by atoms with Crippen molar-refractivity contribution in [3.05, 3.63) is 12.2 Å². The molecule has 0 aliphatic rings. The van der Waals surface area contributed by atoms with Crippen LogP contribution < -0.4 is 0 Å². The van der Waals surface area contributed by atoms with Gasteiger partial charge in [-0.3, -0.25) is 4.79 Å². The molecule has 0 heterocycles. The van der Waals surface area contributed by atoms with E-state index in [-0.39, 0.29) is 6.42 Å². The molecule has 0 bridgehead atoms. The number of carboxylic acids is 1. The van der Waals surface area contributed by atoms with E-state index in [1.165, 1.54) is 70.3 Å². The number of allylic oxidation sites excluding steroid dienone is 1. The van der Waals surface area contributed by atoms with Gasteiger partial charge in [0.25, 0.3) is 0 Å². The number of hydrogen-bond acceptors (Lipinski definition) is 3. The molecule has 0 saturated carbocycles. The van der Waals surface area contributed by atoms with Crippen molar-refractivity contribution in [2.45, 2.75) is 96.5 Å². The van der Waals surface area contributed by atoms with Crippen LogP contribution >= 0.6 is 0 Å². The van der Waals surface area contributed by atoms with E-state index in [9.17, 15) is 9.59 Å². The highest BCUT2D eigenvalue weighted by atomic mass is 16.5. The fourth-order valence-electron chi connectivity index (χ4n) is 3.26. The number of likely N-dealkylation sites (N-methyl/N-ethyl adjacent to an activating group) is 1. The van der Waals surface area contributed by atoms with Gasteiger partial charge in [-0.1, -0.05) is 77.2 Å². The summed E-state index contributed by atoms with van der Waals surface area (Å²) in [6.07, 6.45) is 17.8. The van der Waals surface area contributed by atoms with Crippen LogP contribution in [0.3, 0.4) is 0 Å². The molecule has 0 aliphatic heterocycles. The van der Waals surface area contributed by atoms with E-state index in [2.05, 4.69) is 6.92 Å². The van der Waals surface area contributed by atoms with Gasteiger partial charge in [0, 0.05) is 6.08 Å². The summed E-state index contributed by atoms with van der Waals surface area (Å²) in [5, 5.41) is 8.98. The van der Waals surface area contributed by atoms with Crippen molar-refractivity contribution in [2.75, 3.05) is 27.7 Å². The lowest BCUT2D eigenvalue weighted by atomic mass is 10.1. The van der Waals surface area contributed by atoms with Crippen LogP contribution in [-0.4, -0.2) is 55.3 Å². The number of aliphatic carboxylic acids is 1. The van der Waals surface area contributed by atoms with Crippen LogP contribution in [0.2, 0.25) is 0 Å². The Labute approximate surface area is 172 Å². The van der Waals surface area contributed by atoms with Crippen molar-refractivity contribution in [3.8, 4) is 0 Å². The Morgan fingerprint density at radius 2 is 1.39 bits per heavy atom. The van der Waals surface area contributed by atoms with Crippen molar-refractivity contribution in [1.82, 2.24) is 0 Å². The molecule has 0 amide bonds. The maximum absolute atomic E-state index is 11.9. The molecule has 5 heteroatoms. The minimum atomic E-state index is -0.948. The molecule has 0 fully saturated rings. The van der Waals surface area contributed by atoms with Crippen molar-refractivity contribution < 1.29 is 23.9 Å². The topological polar surface area (TPSA) is 63.6 Å². The van der Waals surface area contributed by atoms with Crippen LogP contribution in [0.1, 0.15) is 90.4 Å². The lowest BCUT2D eigenvalue weighted by molar-refractivity contribution is -0.873. The monoisotopic (exact) mass is 398 g/mol. The van der Waals surface area contributed by atoms with E-state index in [4.69, 9.17) is 9.84 Å². The van der Waals surface area contributed by atoms with Gasteiger partial charge in [0.05, 0.1) is 27.6 Å². The fourth-order valence-corrected chi connectivity index (χ4v) is 3.26. The van der Waals surface area contributed by atoms with Gasteiger partial charge in [-0.15, -0.1) is 0 Å². The highest BCUT2D eigenvalue weighted by Gasteiger charge is 2.23. The fraction of sp³-hybridized carbons (Fsp3) is 0.826. The van der Waals surface area contributed by atoms with E-state index >= 15 is 0 Å². The normalized spacial score (nSPS) is 13.0. The number of carboxylic acid groups (broad SMARTS) is 1. The van der Waals surface area contributed by atoms with Gasteiger partial charge in [0.15, 0.2) is 6.10 Å². The largest absolute Gasteiger partial charge is 0.481 e. The van der Waals surface area contributed by atoms with E-state index in [0.717, 1.165) is 12.8 Å². The third-order valence-corrected chi connectivity index (χ3v) is 4.66. The molecule has 164 valence electrons. The van der Waals surface area contributed by atoms with Crippen molar-refractivity contribution >= 4 is 11.9 Å². The SMILES string of the molecule is CCCCCCCCCCCCCC=CC(=O)O[C@H](CC(=O)O)C[N+](C)(C)C. The van der Waals surface area contributed by atoms with Gasteiger partial charge in [-0.2, -0.15) is 0 Å². The van der Waals surface area contributed by atoms with Crippen molar-refractivity contribution in [1.29, 1.82) is 0 Å². The highest BCUT2D eigenvalue weighted by molar-refractivity contribution is 5.82. The molecule has 0 aromatic heterocycles. The molecule has 0 rings (SSSR count). The molecule has 1 N–H and O–H groups in total. The zero-order valence-corrected chi connectivity index (χ0v) is 18.8. The number of hydrogen-bond donors (Lipinski definition) is 1. The predicted octanol–water partition coefficient (Wildman–Crippen LogP) is 5.34. The number of nitrogens with zero attached hydrogens (tertiary/aromatic N) is 1. The molecule has 0 radical (unpaired) electrons. The zero-order chi connectivity index (χ0) is 21.3. The van der Waals surface area contributed by atoms with Gasteiger partial charge in [0.2, 0.25) is 0 Å². The third-order valence-electron chi connectivity index (χ3n) is 4.66. The molecule has 0 spiro atoms. The Hall–Kier alpha value is -1.36. The third kappa shape index (κ3) is 19.4. The van der Waals surface area contributed by atoms with Crippen LogP contribution in [0.5, 0.6) is 0 Å². The molecular formula is C23H44NO4+. The molecule has 28 heavy (non-hydrogen) atoms. The second kappa shape index (κ2) is 16.6. The van der Waals surface area contributed by atoms with Crippen LogP contribution in [0.25, 0.3) is 0 Å². The maximum Gasteiger partial charge on any atom is 0.330 e. The first-order chi connectivity index (χ1) is 13.2. The molecule has 0 aromatic rings. The Morgan fingerprint density at radius 3 is 1.86 bits per heavy atom. The number of ether oxygens (including phenoxy) is 1. The smallest absolute Gasteiger partial charge is 0.330 e. The molecule has 0 aromatic carbocycles. The maximum atomic E-state index is 11.9. The van der Waals surface area contributed by atoms with Crippen molar-refractivity contribution in [3.63, 3.8) is 0 Å². The standard InChI is InChI=1S/C23H43NO4/c1-5-6-7-8-9-10-11-12-13-14-15-16-17-18-23(27)28-21(19-22(25)26)20-24(2,3)4/h17-18,21H,5-16,19-20H2,1-4H3/p+1/t21-/m1/s1. The Balaban J connectivity index is 3.77. The average molecular weight is 399 g/mol. The summed E-state index contributed by atoms with van der Waals surface area (Å²) in [7, 11) is 5.85. The molecule has 0 saturated heterocycles. The van der Waals surface area contributed by atoms with Gasteiger partial charge in [-0.25, -0.2) is 4.79 Å². The van der Waals surface area contributed by atoms with E-state index < -0.39 is 18.0 Å². The summed E-state index contributed by atoms with van der Waals surface area (Å²) >= 11 is 0. The number of carbonyl (C=O) groups is 2. The predicted molar refractivity (Wildman–Crippen MR) is 115 cm³/mol. The number of esters is 1. The van der Waals surface area contributed by atoms with Gasteiger partial charge >= 0.3 is 11.9 Å². The molecule has 1 atom stereocenters. The minimum Gasteiger partial charge on any atom is -0.481 e. The number of quaternary nitrogens is 1. The van der Waals surface area contributed by atoms with Crippen LogP contribution in [-0.2, 0) is 14.3 Å². The summed E-state index contributed by atoms with van der Waals surface area (Å²) in [5.41, 5.74) is 0. The van der Waals surface area contributed by atoms with Gasteiger partial charge in [-0.05, 0) is 12.8 Å². The molecule has 5 nitrogen and oxygen atoms in total. The lowest BCUT2D eigenvalue weighted by Crippen LogP contribution is -2.43. The van der Waals surface area contributed by atoms with Crippen LogP contribution in [0.4, 0.5) is 0 Å². The number of carbonyl (C=O) groups excluding carboxylic acids is 1. The van der Waals surface area contributed by atoms with E-state index in [1.54, 1.807) is 0 Å². The Bertz CT molecular complexity index is 440. The van der Waals surface area contributed by atoms with Crippen LogP contribution in [0, 0.1) is 0 Å². The first-order valence-corrected chi connectivity index (χ1v) is 11.1. The quantitative estimate of drug-likeness (QED) is 0.147. The minimum absolute atomic E-state index is 0.159. The average Bonchev–Trinajstić information content (AvgIpc) is 2.56. The second-order valence-electron chi connectivity index (χ2n) is 8.86. The molecular weight excluding hydrogens is 354 g/mol. The first kappa shape index (κ1) is 26.6. The number of rotatable bonds is 18. The highest BCUT2D eigenvalue weighted by Crippen LogP contribution is 2.12. The zero-order valence-electron chi connectivity index (χ0n) is 18.8. The van der Waals surface area contributed by atoms with E-state index in [1.807, 2.05) is 27.2 Å². The van der Waals surface area contributed by atoms with Gasteiger partial charge < -0.3 is 14.3 Å². The van der Waals surface area contributed by atoms with E-state index in [0.29, 0.717) is 11.0 Å². The molecule has 0 unspecified atom stereocenters. The molecule has 0 aliphatic carbocycles. The first-order valence-electron chi connectivity index (χ1n) is 11.1.